The molecule has 0 saturated heterocycles. The molecule has 0 fully saturated rings. The van der Waals surface area contributed by atoms with Crippen LogP contribution in [0.4, 0.5) is 0 Å². The van der Waals surface area contributed by atoms with Gasteiger partial charge in [-0.25, -0.2) is 9.88 Å². The zero-order valence-electron chi connectivity index (χ0n) is 16.4. The number of hydrogen-bond acceptors (Lipinski definition) is 7. The topological polar surface area (TPSA) is 100 Å². The second kappa shape index (κ2) is 10.9. The second-order valence-electron chi connectivity index (χ2n) is 6.59. The lowest BCUT2D eigenvalue weighted by Crippen LogP contribution is -2.37. The van der Waals surface area contributed by atoms with E-state index in [0.29, 0.717) is 0 Å². The van der Waals surface area contributed by atoms with Gasteiger partial charge in [-0.1, -0.05) is 0 Å². The summed E-state index contributed by atoms with van der Waals surface area (Å²) in [7, 11) is -3.65. The van der Waals surface area contributed by atoms with Gasteiger partial charge in [0, 0.05) is 0 Å². The molecule has 0 aromatic carbocycles. The van der Waals surface area contributed by atoms with E-state index in [1.165, 1.54) is 13.8 Å². The lowest BCUT2D eigenvalue weighted by molar-refractivity contribution is -0.155. The van der Waals surface area contributed by atoms with Gasteiger partial charge in [0.15, 0.2) is 6.10 Å². The molecule has 148 valence electrons. The van der Waals surface area contributed by atoms with E-state index in [2.05, 4.69) is 5.09 Å². The van der Waals surface area contributed by atoms with E-state index < -0.39 is 31.6 Å². The van der Waals surface area contributed by atoms with Crippen LogP contribution in [0.2, 0.25) is 0 Å². The highest BCUT2D eigenvalue weighted by Gasteiger charge is 2.34. The maximum Gasteiger partial charge on any atom is 0.335 e. The standard InChI is InChI=1S/C16H32NO7P/c1-10(2)21-9-25(20,17-13(7)15(18)22-11(3)4)24-14(8)16(19)23-12(5)6/h10-14H,9H2,1-8H3,(H,17,20)/t13-,14-,25?/m0/s1. The number of carbonyl (C=O) groups is 2. The molecule has 0 aliphatic carbocycles. The minimum Gasteiger partial charge on any atom is -0.462 e. The monoisotopic (exact) mass is 381 g/mol. The summed E-state index contributed by atoms with van der Waals surface area (Å²) in [6, 6.07) is -0.891. The number of ether oxygens (including phenoxy) is 3. The van der Waals surface area contributed by atoms with E-state index in [0.717, 1.165) is 0 Å². The highest BCUT2D eigenvalue weighted by Crippen LogP contribution is 2.45. The maximum atomic E-state index is 13.0. The zero-order chi connectivity index (χ0) is 19.8. The van der Waals surface area contributed by atoms with E-state index >= 15 is 0 Å². The molecular formula is C16H32NO7P. The minimum atomic E-state index is -3.65. The molecule has 0 spiro atoms. The number of esters is 2. The van der Waals surface area contributed by atoms with Gasteiger partial charge in [-0.05, 0) is 55.4 Å². The summed E-state index contributed by atoms with van der Waals surface area (Å²) in [4.78, 5) is 23.8. The van der Waals surface area contributed by atoms with Crippen LogP contribution in [0.25, 0.3) is 0 Å². The molecule has 1 N–H and O–H groups in total. The molecule has 0 bridgehead atoms. The van der Waals surface area contributed by atoms with E-state index in [1.807, 2.05) is 0 Å². The fraction of sp³-hybridized carbons (Fsp3) is 0.875. The first-order valence-electron chi connectivity index (χ1n) is 8.44. The van der Waals surface area contributed by atoms with Gasteiger partial charge < -0.3 is 18.7 Å². The van der Waals surface area contributed by atoms with Crippen molar-refractivity contribution in [3.8, 4) is 0 Å². The molecule has 0 rings (SSSR count). The average Bonchev–Trinajstić information content (AvgIpc) is 2.43. The molecule has 0 aliphatic rings. The summed E-state index contributed by atoms with van der Waals surface area (Å²) < 4.78 is 34.0. The molecule has 8 nitrogen and oxygen atoms in total. The molecule has 3 atom stereocenters. The Morgan fingerprint density at radius 1 is 0.840 bits per heavy atom. The van der Waals surface area contributed by atoms with Crippen LogP contribution in [0, 0.1) is 0 Å². The average molecular weight is 381 g/mol. The van der Waals surface area contributed by atoms with Crippen LogP contribution in [-0.2, 0) is 32.9 Å². The maximum absolute atomic E-state index is 13.0. The molecule has 25 heavy (non-hydrogen) atoms. The first kappa shape index (κ1) is 24.1. The molecule has 0 aliphatic heterocycles. The molecule has 0 radical (unpaired) electrons. The van der Waals surface area contributed by atoms with Crippen molar-refractivity contribution >= 4 is 19.5 Å². The van der Waals surface area contributed by atoms with Gasteiger partial charge >= 0.3 is 11.9 Å². The van der Waals surface area contributed by atoms with Crippen molar-refractivity contribution in [1.29, 1.82) is 0 Å². The molecule has 0 saturated carbocycles. The van der Waals surface area contributed by atoms with Crippen molar-refractivity contribution in [2.45, 2.75) is 85.8 Å². The van der Waals surface area contributed by atoms with E-state index in [-0.39, 0.29) is 24.7 Å². The van der Waals surface area contributed by atoms with Crippen LogP contribution >= 0.6 is 7.52 Å². The Balaban J connectivity index is 5.07. The first-order valence-corrected chi connectivity index (χ1v) is 10.2. The summed E-state index contributed by atoms with van der Waals surface area (Å²) in [6.45, 7) is 13.3. The van der Waals surface area contributed by atoms with Crippen molar-refractivity contribution in [3.63, 3.8) is 0 Å². The number of carbonyl (C=O) groups excluding carboxylic acids is 2. The van der Waals surface area contributed by atoms with Crippen LogP contribution in [0.3, 0.4) is 0 Å². The van der Waals surface area contributed by atoms with Gasteiger partial charge in [0.05, 0.1) is 18.3 Å². The summed E-state index contributed by atoms with van der Waals surface area (Å²) in [5, 5.41) is 2.62. The highest BCUT2D eigenvalue weighted by molar-refractivity contribution is 7.56. The Kier molecular flexibility index (Phi) is 10.5. The van der Waals surface area contributed by atoms with Gasteiger partial charge in [0.25, 0.3) is 7.52 Å². The largest absolute Gasteiger partial charge is 0.462 e. The summed E-state index contributed by atoms with van der Waals surface area (Å²) in [5.41, 5.74) is 0. The van der Waals surface area contributed by atoms with Gasteiger partial charge in [0.1, 0.15) is 12.4 Å². The van der Waals surface area contributed by atoms with Crippen molar-refractivity contribution in [1.82, 2.24) is 5.09 Å². The van der Waals surface area contributed by atoms with Crippen molar-refractivity contribution in [2.24, 2.45) is 0 Å². The Bertz CT molecular complexity index is 445. The zero-order valence-corrected chi connectivity index (χ0v) is 17.3. The summed E-state index contributed by atoms with van der Waals surface area (Å²) in [5.74, 6) is -1.21. The Labute approximate surface area is 150 Å². The summed E-state index contributed by atoms with van der Waals surface area (Å²) >= 11 is 0. The van der Waals surface area contributed by atoms with Gasteiger partial charge in [0.2, 0.25) is 0 Å². The van der Waals surface area contributed by atoms with Gasteiger partial charge in [-0.3, -0.25) is 9.36 Å². The molecular weight excluding hydrogens is 349 g/mol. The molecule has 0 heterocycles. The lowest BCUT2D eigenvalue weighted by Gasteiger charge is -2.26. The van der Waals surface area contributed by atoms with Gasteiger partial charge in [-0.15, -0.1) is 0 Å². The van der Waals surface area contributed by atoms with Crippen molar-refractivity contribution < 1.29 is 32.9 Å². The fourth-order valence-corrected chi connectivity index (χ4v) is 3.64. The predicted octanol–water partition coefficient (Wildman–Crippen LogP) is 2.85. The Morgan fingerprint density at radius 2 is 1.32 bits per heavy atom. The predicted molar refractivity (Wildman–Crippen MR) is 94.3 cm³/mol. The number of hydrogen-bond donors (Lipinski definition) is 1. The normalized spacial score (nSPS) is 16.6. The number of rotatable bonds is 11. The van der Waals surface area contributed by atoms with Crippen LogP contribution in [0.5, 0.6) is 0 Å². The van der Waals surface area contributed by atoms with E-state index in [1.54, 1.807) is 41.5 Å². The highest BCUT2D eigenvalue weighted by atomic mass is 31.2. The molecule has 0 aromatic heterocycles. The third-order valence-corrected chi connectivity index (χ3v) is 4.61. The second-order valence-corrected chi connectivity index (χ2v) is 8.66. The Hall–Kier alpha value is -0.950. The summed E-state index contributed by atoms with van der Waals surface area (Å²) in [6.07, 6.45) is -2.19. The molecule has 1 unspecified atom stereocenters. The van der Waals surface area contributed by atoms with Crippen molar-refractivity contribution in [2.75, 3.05) is 6.35 Å². The van der Waals surface area contributed by atoms with Gasteiger partial charge in [-0.2, -0.15) is 0 Å². The third kappa shape index (κ3) is 10.6. The van der Waals surface area contributed by atoms with E-state index in [4.69, 9.17) is 18.7 Å². The third-order valence-electron chi connectivity index (χ3n) is 2.69. The minimum absolute atomic E-state index is 0.199. The smallest absolute Gasteiger partial charge is 0.335 e. The number of nitrogens with one attached hydrogen (secondary N) is 1. The fourth-order valence-electron chi connectivity index (χ4n) is 1.65. The molecule has 0 aromatic rings. The van der Waals surface area contributed by atoms with E-state index in [9.17, 15) is 14.2 Å². The quantitative estimate of drug-likeness (QED) is 0.431. The molecule has 9 heteroatoms. The SMILES string of the molecule is CC(C)OCP(=O)(N[C@@H](C)C(=O)OC(C)C)O[C@@H](C)C(=O)OC(C)C. The van der Waals surface area contributed by atoms with Crippen molar-refractivity contribution in [3.05, 3.63) is 0 Å². The lowest BCUT2D eigenvalue weighted by atomic mass is 10.4. The molecule has 0 amide bonds. The first-order chi connectivity index (χ1) is 11.4. The van der Waals surface area contributed by atoms with Crippen LogP contribution in [0.15, 0.2) is 0 Å². The van der Waals surface area contributed by atoms with Crippen LogP contribution < -0.4 is 5.09 Å². The Morgan fingerprint density at radius 3 is 1.76 bits per heavy atom. The van der Waals surface area contributed by atoms with Crippen LogP contribution in [-0.4, -0.2) is 48.7 Å². The van der Waals surface area contributed by atoms with Crippen LogP contribution in [0.1, 0.15) is 55.4 Å².